The number of nitrogens with zero attached hydrogens (tertiary/aromatic N) is 3. The molecule has 0 aliphatic rings. The summed E-state index contributed by atoms with van der Waals surface area (Å²) >= 11 is 1.59. The molecule has 1 amide bonds. The van der Waals surface area contributed by atoms with Crippen molar-refractivity contribution in [3.63, 3.8) is 0 Å². The highest BCUT2D eigenvalue weighted by atomic mass is 32.1. The number of nitrogens with one attached hydrogen (secondary N) is 1. The lowest BCUT2D eigenvalue weighted by molar-refractivity contribution is -0.384. The normalized spacial score (nSPS) is 10.6. The molecule has 0 aliphatic heterocycles. The Kier molecular flexibility index (Phi) is 6.46. The van der Waals surface area contributed by atoms with Gasteiger partial charge in [0, 0.05) is 48.8 Å². The van der Waals surface area contributed by atoms with Crippen molar-refractivity contribution in [2.24, 2.45) is 0 Å². The molecule has 166 valence electrons. The van der Waals surface area contributed by atoms with Crippen LogP contribution in [0.5, 0.6) is 0 Å². The maximum Gasteiger partial charge on any atom is 0.293 e. The molecule has 0 saturated carbocycles. The SMILES string of the molecule is CN(C)c1ccc(C(=O)NCc2ccc(-c3nc(-c4ccccc4)cs3)cc2)cc1[N+](=O)[O-]. The van der Waals surface area contributed by atoms with E-state index in [0.29, 0.717) is 12.2 Å². The van der Waals surface area contributed by atoms with E-state index < -0.39 is 4.92 Å². The van der Waals surface area contributed by atoms with Gasteiger partial charge in [0.15, 0.2) is 0 Å². The Morgan fingerprint density at radius 3 is 2.42 bits per heavy atom. The third kappa shape index (κ3) is 5.07. The molecule has 0 fully saturated rings. The number of carbonyl (C=O) groups is 1. The molecule has 33 heavy (non-hydrogen) atoms. The number of rotatable bonds is 7. The first kappa shape index (κ1) is 22.2. The van der Waals surface area contributed by atoms with E-state index >= 15 is 0 Å². The van der Waals surface area contributed by atoms with Gasteiger partial charge in [-0.05, 0) is 17.7 Å². The molecule has 0 radical (unpaired) electrons. The summed E-state index contributed by atoms with van der Waals surface area (Å²) in [6, 6.07) is 22.4. The van der Waals surface area contributed by atoms with Crippen LogP contribution in [-0.2, 0) is 6.54 Å². The van der Waals surface area contributed by atoms with Crippen molar-refractivity contribution in [2.75, 3.05) is 19.0 Å². The fraction of sp³-hybridized carbons (Fsp3) is 0.120. The number of nitro groups is 1. The van der Waals surface area contributed by atoms with Crippen molar-refractivity contribution in [2.45, 2.75) is 6.54 Å². The average Bonchev–Trinajstić information content (AvgIpc) is 3.33. The van der Waals surface area contributed by atoms with E-state index in [4.69, 9.17) is 4.98 Å². The van der Waals surface area contributed by atoms with Crippen LogP contribution in [0.3, 0.4) is 0 Å². The summed E-state index contributed by atoms with van der Waals surface area (Å²) in [6.45, 7) is 0.315. The topological polar surface area (TPSA) is 88.4 Å². The molecule has 1 aromatic heterocycles. The summed E-state index contributed by atoms with van der Waals surface area (Å²) in [5, 5.41) is 17.2. The number of benzene rings is 3. The van der Waals surface area contributed by atoms with Crippen LogP contribution in [0.25, 0.3) is 21.8 Å². The first-order chi connectivity index (χ1) is 15.9. The molecule has 0 unspecified atom stereocenters. The van der Waals surface area contributed by atoms with Crippen LogP contribution in [0.1, 0.15) is 15.9 Å². The quantitative estimate of drug-likeness (QED) is 0.297. The van der Waals surface area contributed by atoms with Gasteiger partial charge in [0.1, 0.15) is 10.7 Å². The van der Waals surface area contributed by atoms with E-state index in [1.54, 1.807) is 42.5 Å². The summed E-state index contributed by atoms with van der Waals surface area (Å²) in [7, 11) is 3.44. The predicted molar refractivity (Wildman–Crippen MR) is 132 cm³/mol. The van der Waals surface area contributed by atoms with Gasteiger partial charge in [-0.3, -0.25) is 14.9 Å². The second-order valence-electron chi connectivity index (χ2n) is 7.64. The second kappa shape index (κ2) is 9.62. The van der Waals surface area contributed by atoms with E-state index in [1.807, 2.05) is 60.0 Å². The number of thiazole rings is 1. The Morgan fingerprint density at radius 2 is 1.76 bits per heavy atom. The van der Waals surface area contributed by atoms with Gasteiger partial charge in [0.05, 0.1) is 10.6 Å². The van der Waals surface area contributed by atoms with Crippen molar-refractivity contribution in [3.05, 3.63) is 99.4 Å². The average molecular weight is 459 g/mol. The highest BCUT2D eigenvalue weighted by Crippen LogP contribution is 2.29. The number of aromatic nitrogens is 1. The molecule has 8 heteroatoms. The summed E-state index contributed by atoms with van der Waals surface area (Å²) in [6.07, 6.45) is 0. The number of hydrogen-bond donors (Lipinski definition) is 1. The lowest BCUT2D eigenvalue weighted by Gasteiger charge is -2.13. The monoisotopic (exact) mass is 458 g/mol. The van der Waals surface area contributed by atoms with E-state index in [0.717, 1.165) is 27.4 Å². The smallest absolute Gasteiger partial charge is 0.293 e. The third-order valence-corrected chi connectivity index (χ3v) is 6.04. The second-order valence-corrected chi connectivity index (χ2v) is 8.50. The number of carbonyl (C=O) groups excluding carboxylic acids is 1. The summed E-state index contributed by atoms with van der Waals surface area (Å²) in [5.41, 5.74) is 4.55. The fourth-order valence-electron chi connectivity index (χ4n) is 3.39. The zero-order chi connectivity index (χ0) is 23.4. The Bertz CT molecular complexity index is 1280. The van der Waals surface area contributed by atoms with Crippen molar-refractivity contribution in [1.82, 2.24) is 10.3 Å². The van der Waals surface area contributed by atoms with Gasteiger partial charge in [0.2, 0.25) is 0 Å². The molecule has 3 aromatic carbocycles. The Labute approximate surface area is 195 Å². The standard InChI is InChI=1S/C25H22N4O3S/c1-28(2)22-13-12-20(14-23(22)29(31)32)24(30)26-15-17-8-10-19(11-9-17)25-27-21(16-33-25)18-6-4-3-5-7-18/h3-14,16H,15H2,1-2H3,(H,26,30). The summed E-state index contributed by atoms with van der Waals surface area (Å²) in [4.78, 5) is 29.8. The van der Waals surface area contributed by atoms with Gasteiger partial charge >= 0.3 is 0 Å². The van der Waals surface area contributed by atoms with Crippen LogP contribution in [0.15, 0.2) is 78.2 Å². The minimum Gasteiger partial charge on any atom is -0.372 e. The van der Waals surface area contributed by atoms with Crippen molar-refractivity contribution >= 4 is 28.6 Å². The molecule has 7 nitrogen and oxygen atoms in total. The molecule has 4 aromatic rings. The molecule has 0 bridgehead atoms. The summed E-state index contributed by atoms with van der Waals surface area (Å²) in [5.74, 6) is -0.361. The Hall–Kier alpha value is -4.04. The molecule has 0 aliphatic carbocycles. The molecular weight excluding hydrogens is 436 g/mol. The predicted octanol–water partition coefficient (Wildman–Crippen LogP) is 5.38. The van der Waals surface area contributed by atoms with Crippen LogP contribution < -0.4 is 10.2 Å². The fourth-order valence-corrected chi connectivity index (χ4v) is 4.22. The minimum atomic E-state index is -0.480. The maximum absolute atomic E-state index is 12.5. The number of anilines is 1. The highest BCUT2D eigenvalue weighted by Gasteiger charge is 2.18. The highest BCUT2D eigenvalue weighted by molar-refractivity contribution is 7.13. The van der Waals surface area contributed by atoms with Crippen molar-refractivity contribution < 1.29 is 9.72 Å². The van der Waals surface area contributed by atoms with Crippen molar-refractivity contribution in [1.29, 1.82) is 0 Å². The van der Waals surface area contributed by atoms with Gasteiger partial charge in [-0.2, -0.15) is 0 Å². The Balaban J connectivity index is 1.42. The lowest BCUT2D eigenvalue weighted by atomic mass is 10.1. The van der Waals surface area contributed by atoms with Gasteiger partial charge in [0.25, 0.3) is 11.6 Å². The van der Waals surface area contributed by atoms with E-state index in [-0.39, 0.29) is 17.2 Å². The maximum atomic E-state index is 12.5. The molecular formula is C25H22N4O3S. The molecule has 1 N–H and O–H groups in total. The number of hydrogen-bond acceptors (Lipinski definition) is 6. The van der Waals surface area contributed by atoms with Gasteiger partial charge in [-0.1, -0.05) is 54.6 Å². The van der Waals surface area contributed by atoms with Gasteiger partial charge in [-0.15, -0.1) is 11.3 Å². The molecule has 4 rings (SSSR count). The van der Waals surface area contributed by atoms with Crippen molar-refractivity contribution in [3.8, 4) is 21.8 Å². The molecule has 0 saturated heterocycles. The van der Waals surface area contributed by atoms with E-state index in [9.17, 15) is 14.9 Å². The summed E-state index contributed by atoms with van der Waals surface area (Å²) < 4.78 is 0. The Morgan fingerprint density at radius 1 is 1.03 bits per heavy atom. The van der Waals surface area contributed by atoms with Gasteiger partial charge < -0.3 is 10.2 Å². The van der Waals surface area contributed by atoms with Crippen LogP contribution in [0.4, 0.5) is 11.4 Å². The van der Waals surface area contributed by atoms with E-state index in [2.05, 4.69) is 5.32 Å². The molecule has 0 spiro atoms. The third-order valence-electron chi connectivity index (χ3n) is 5.14. The number of nitro benzene ring substituents is 1. The lowest BCUT2D eigenvalue weighted by Crippen LogP contribution is -2.23. The molecule has 1 heterocycles. The van der Waals surface area contributed by atoms with Crippen LogP contribution in [0.2, 0.25) is 0 Å². The first-order valence-corrected chi connectivity index (χ1v) is 11.1. The van der Waals surface area contributed by atoms with Crippen LogP contribution in [-0.4, -0.2) is 29.9 Å². The zero-order valence-electron chi connectivity index (χ0n) is 18.2. The first-order valence-electron chi connectivity index (χ1n) is 10.3. The molecule has 0 atom stereocenters. The van der Waals surface area contributed by atoms with Crippen LogP contribution in [0, 0.1) is 10.1 Å². The minimum absolute atomic E-state index is 0.102. The van der Waals surface area contributed by atoms with Crippen LogP contribution >= 0.6 is 11.3 Å². The van der Waals surface area contributed by atoms with Gasteiger partial charge in [-0.25, -0.2) is 4.98 Å². The van der Waals surface area contributed by atoms with E-state index in [1.165, 1.54) is 6.07 Å². The zero-order valence-corrected chi connectivity index (χ0v) is 19.0. The number of amides is 1. The largest absolute Gasteiger partial charge is 0.372 e.